The molecule has 2 aromatic rings. The van der Waals surface area contributed by atoms with Crippen LogP contribution in [0.15, 0.2) is 24.4 Å². The molecule has 10 nitrogen and oxygen atoms in total. The maximum absolute atomic E-state index is 12.3. The number of rotatable bonds is 3. The van der Waals surface area contributed by atoms with Crippen molar-refractivity contribution in [3.63, 3.8) is 0 Å². The highest BCUT2D eigenvalue weighted by atomic mass is 16.5. The van der Waals surface area contributed by atoms with E-state index in [1.807, 2.05) is 27.7 Å². The number of anilines is 2. The van der Waals surface area contributed by atoms with E-state index in [-0.39, 0.29) is 30.4 Å². The molecule has 2 N–H and O–H groups in total. The fraction of sp³-hybridized carbons (Fsp3) is 0.400. The summed E-state index contributed by atoms with van der Waals surface area (Å²) < 4.78 is 7.89. The lowest BCUT2D eigenvalue weighted by atomic mass is 10.1. The van der Waals surface area contributed by atoms with Gasteiger partial charge in [-0.25, -0.2) is 9.78 Å². The van der Waals surface area contributed by atoms with Gasteiger partial charge in [0.05, 0.1) is 12.1 Å². The van der Waals surface area contributed by atoms with Gasteiger partial charge in [-0.15, -0.1) is 0 Å². The third kappa shape index (κ3) is 2.78. The number of nitrogens with two attached hydrogens (primary N) is 1. The van der Waals surface area contributed by atoms with Gasteiger partial charge in [-0.2, -0.15) is 0 Å². The quantitative estimate of drug-likeness (QED) is 0.749. The summed E-state index contributed by atoms with van der Waals surface area (Å²) in [7, 11) is 1.47. The number of imidazole rings is 1. The maximum atomic E-state index is 12.3. The van der Waals surface area contributed by atoms with Crippen molar-refractivity contribution >= 4 is 29.4 Å². The standard InChI is InChI=1S/C20H22N6O4/c1-23-17(27)11-26(20(23)29)16-10-24-7-8-30-15-9-12(4-5-13(15)19(24)22-16)25-6-2-3-14(25)18(21)28/h4-5,9-10,14H,2-3,6-8,11H2,1H3,(H2,21,28)/t14-/m0/s1. The molecule has 156 valence electrons. The summed E-state index contributed by atoms with van der Waals surface area (Å²) in [4.78, 5) is 45.1. The minimum absolute atomic E-state index is 0.0163. The predicted octanol–water partition coefficient (Wildman–Crippen LogP) is 0.795. The van der Waals surface area contributed by atoms with Gasteiger partial charge in [0.2, 0.25) is 5.91 Å². The van der Waals surface area contributed by atoms with Gasteiger partial charge in [0.15, 0.2) is 5.82 Å². The van der Waals surface area contributed by atoms with Crippen molar-refractivity contribution in [3.8, 4) is 17.1 Å². The first-order chi connectivity index (χ1) is 14.4. The summed E-state index contributed by atoms with van der Waals surface area (Å²) in [6.45, 7) is 1.75. The number of amides is 4. The van der Waals surface area contributed by atoms with Gasteiger partial charge >= 0.3 is 6.03 Å². The fourth-order valence-corrected chi connectivity index (χ4v) is 4.31. The summed E-state index contributed by atoms with van der Waals surface area (Å²) >= 11 is 0. The van der Waals surface area contributed by atoms with Crippen molar-refractivity contribution in [1.29, 1.82) is 0 Å². The Kier molecular flexibility index (Phi) is 4.16. The van der Waals surface area contributed by atoms with Crippen molar-refractivity contribution in [3.05, 3.63) is 24.4 Å². The van der Waals surface area contributed by atoms with Gasteiger partial charge in [-0.3, -0.25) is 19.4 Å². The number of likely N-dealkylation sites (N-methyl/N-ethyl adjacent to an activating group) is 1. The van der Waals surface area contributed by atoms with Crippen LogP contribution >= 0.6 is 0 Å². The number of carbonyl (C=O) groups is 3. The van der Waals surface area contributed by atoms with E-state index in [2.05, 4.69) is 4.98 Å². The van der Waals surface area contributed by atoms with E-state index < -0.39 is 0 Å². The monoisotopic (exact) mass is 410 g/mol. The highest BCUT2D eigenvalue weighted by molar-refractivity contribution is 6.11. The van der Waals surface area contributed by atoms with Gasteiger partial charge in [-0.05, 0) is 25.0 Å². The van der Waals surface area contributed by atoms with Crippen molar-refractivity contribution < 1.29 is 19.1 Å². The van der Waals surface area contributed by atoms with Crippen LogP contribution in [0.4, 0.5) is 16.3 Å². The smallest absolute Gasteiger partial charge is 0.332 e. The molecule has 0 saturated carbocycles. The van der Waals surface area contributed by atoms with E-state index in [4.69, 9.17) is 10.5 Å². The normalized spacial score (nSPS) is 20.8. The molecule has 0 bridgehead atoms. The highest BCUT2D eigenvalue weighted by Gasteiger charge is 2.36. The number of ether oxygens (including phenoxy) is 1. The molecule has 3 aliphatic rings. The second-order valence-electron chi connectivity index (χ2n) is 7.72. The number of primary amides is 1. The summed E-state index contributed by atoms with van der Waals surface area (Å²) in [6.07, 6.45) is 3.43. The van der Waals surface area contributed by atoms with Crippen molar-refractivity contribution in [2.24, 2.45) is 5.73 Å². The third-order valence-electron chi connectivity index (χ3n) is 5.93. The highest BCUT2D eigenvalue weighted by Crippen LogP contribution is 2.38. The minimum Gasteiger partial charge on any atom is -0.491 e. The summed E-state index contributed by atoms with van der Waals surface area (Å²) in [6, 6.07) is 5.08. The second kappa shape index (κ2) is 6.75. The molecule has 4 amide bonds. The lowest BCUT2D eigenvalue weighted by molar-refractivity contribution is -0.124. The Morgan fingerprint density at radius 1 is 1.27 bits per heavy atom. The molecule has 1 aromatic carbocycles. The molecule has 0 radical (unpaired) electrons. The van der Waals surface area contributed by atoms with E-state index in [1.165, 1.54) is 11.9 Å². The number of nitrogens with zero attached hydrogens (tertiary/aromatic N) is 5. The Morgan fingerprint density at radius 3 is 2.83 bits per heavy atom. The average Bonchev–Trinajstić information content (AvgIpc) is 3.41. The van der Waals surface area contributed by atoms with E-state index in [9.17, 15) is 14.4 Å². The first-order valence-corrected chi connectivity index (χ1v) is 9.92. The molecule has 30 heavy (non-hydrogen) atoms. The Bertz CT molecular complexity index is 1060. The Morgan fingerprint density at radius 2 is 2.10 bits per heavy atom. The number of benzene rings is 1. The largest absolute Gasteiger partial charge is 0.491 e. The second-order valence-corrected chi connectivity index (χ2v) is 7.72. The van der Waals surface area contributed by atoms with Crippen LogP contribution in [0.3, 0.4) is 0 Å². The molecule has 0 spiro atoms. The van der Waals surface area contributed by atoms with Crippen LogP contribution in [0.1, 0.15) is 12.8 Å². The summed E-state index contributed by atoms with van der Waals surface area (Å²) in [5.74, 6) is 1.20. The molecule has 2 fully saturated rings. The molecule has 1 aromatic heterocycles. The van der Waals surface area contributed by atoms with Crippen LogP contribution in [-0.4, -0.2) is 65.1 Å². The number of hydrogen-bond donors (Lipinski definition) is 1. The number of urea groups is 1. The molecular weight excluding hydrogens is 388 g/mol. The molecule has 1 atom stereocenters. The molecule has 4 heterocycles. The van der Waals surface area contributed by atoms with Crippen LogP contribution in [0.25, 0.3) is 11.4 Å². The SMILES string of the molecule is CN1C(=O)CN(c2cn3c(n2)-c2ccc(N4CCC[C@H]4C(N)=O)cc2OCC3)C1=O. The van der Waals surface area contributed by atoms with Crippen LogP contribution in [0, 0.1) is 0 Å². The van der Waals surface area contributed by atoms with E-state index in [0.29, 0.717) is 30.5 Å². The topological polar surface area (TPSA) is 114 Å². The predicted molar refractivity (Wildman–Crippen MR) is 108 cm³/mol. The Labute approximate surface area is 172 Å². The number of imide groups is 1. The van der Waals surface area contributed by atoms with Gasteiger partial charge < -0.3 is 19.9 Å². The first-order valence-electron chi connectivity index (χ1n) is 9.92. The number of carbonyl (C=O) groups excluding carboxylic acids is 3. The van der Waals surface area contributed by atoms with E-state index in [1.54, 1.807) is 6.20 Å². The number of hydrogen-bond acceptors (Lipinski definition) is 6. The van der Waals surface area contributed by atoms with Crippen molar-refractivity contribution in [2.45, 2.75) is 25.4 Å². The Hall–Kier alpha value is -3.56. The average molecular weight is 410 g/mol. The molecule has 2 saturated heterocycles. The first kappa shape index (κ1) is 18.5. The zero-order valence-electron chi connectivity index (χ0n) is 16.6. The van der Waals surface area contributed by atoms with Gasteiger partial charge in [-0.1, -0.05) is 0 Å². The summed E-state index contributed by atoms with van der Waals surface area (Å²) in [5.41, 5.74) is 7.24. The van der Waals surface area contributed by atoms with Crippen LogP contribution in [0.5, 0.6) is 5.75 Å². The van der Waals surface area contributed by atoms with Crippen LogP contribution < -0.4 is 20.3 Å². The van der Waals surface area contributed by atoms with Crippen molar-refractivity contribution in [1.82, 2.24) is 14.5 Å². The molecule has 10 heteroatoms. The molecule has 0 unspecified atom stereocenters. The molecule has 0 aliphatic carbocycles. The van der Waals surface area contributed by atoms with E-state index in [0.717, 1.165) is 35.5 Å². The maximum Gasteiger partial charge on any atom is 0.332 e. The molecule has 5 rings (SSSR count). The van der Waals surface area contributed by atoms with Gasteiger partial charge in [0.25, 0.3) is 5.91 Å². The fourth-order valence-electron chi connectivity index (χ4n) is 4.31. The minimum atomic E-state index is -0.383. The van der Waals surface area contributed by atoms with E-state index >= 15 is 0 Å². The zero-order chi connectivity index (χ0) is 21.0. The van der Waals surface area contributed by atoms with Gasteiger partial charge in [0.1, 0.15) is 30.8 Å². The van der Waals surface area contributed by atoms with Gasteiger partial charge in [0, 0.05) is 31.5 Å². The molecule has 3 aliphatic heterocycles. The molecular formula is C20H22N6O4. The number of aromatic nitrogens is 2. The number of fused-ring (bicyclic) bond motifs is 3. The van der Waals surface area contributed by atoms with Crippen LogP contribution in [-0.2, 0) is 16.1 Å². The Balaban J connectivity index is 1.50. The lowest BCUT2D eigenvalue weighted by Crippen LogP contribution is -2.40. The third-order valence-corrected chi connectivity index (χ3v) is 5.93. The summed E-state index contributed by atoms with van der Waals surface area (Å²) in [5, 5.41) is 0. The zero-order valence-corrected chi connectivity index (χ0v) is 16.6. The van der Waals surface area contributed by atoms with Crippen molar-refractivity contribution in [2.75, 3.05) is 36.5 Å². The van der Waals surface area contributed by atoms with Crippen LogP contribution in [0.2, 0.25) is 0 Å². The lowest BCUT2D eigenvalue weighted by Gasteiger charge is -2.25.